The van der Waals surface area contributed by atoms with Gasteiger partial charge in [-0.1, -0.05) is 30.7 Å². The second-order valence-corrected chi connectivity index (χ2v) is 10.1. The van der Waals surface area contributed by atoms with Crippen molar-refractivity contribution in [1.82, 2.24) is 4.90 Å². The number of benzene rings is 2. The van der Waals surface area contributed by atoms with Gasteiger partial charge in [-0.05, 0) is 54.4 Å². The molecule has 3 aromatic rings. The van der Waals surface area contributed by atoms with E-state index in [2.05, 4.69) is 4.72 Å². The lowest BCUT2D eigenvalue weighted by Crippen LogP contribution is -2.31. The van der Waals surface area contributed by atoms with E-state index in [0.717, 1.165) is 11.3 Å². The molecule has 0 bridgehead atoms. The highest BCUT2D eigenvalue weighted by Gasteiger charge is 2.22. The number of amides is 1. The van der Waals surface area contributed by atoms with E-state index in [1.807, 2.05) is 32.0 Å². The molecule has 1 amide bonds. The maximum absolute atomic E-state index is 13.5. The van der Waals surface area contributed by atoms with Crippen molar-refractivity contribution in [2.75, 3.05) is 29.5 Å². The Hall–Kier alpha value is -2.97. The Morgan fingerprint density at radius 1 is 1.06 bits per heavy atom. The number of furan rings is 1. The maximum atomic E-state index is 13.5. The van der Waals surface area contributed by atoms with E-state index in [1.165, 1.54) is 0 Å². The first kappa shape index (κ1) is 24.7. The van der Waals surface area contributed by atoms with E-state index in [4.69, 9.17) is 16.0 Å². The van der Waals surface area contributed by atoms with Crippen molar-refractivity contribution in [3.05, 3.63) is 82.8 Å². The topological polar surface area (TPSA) is 82.9 Å². The Bertz CT molecular complexity index is 1190. The summed E-state index contributed by atoms with van der Waals surface area (Å²) < 4.78 is 32.7. The molecule has 0 aliphatic rings. The van der Waals surface area contributed by atoms with Crippen LogP contribution in [0.1, 0.15) is 35.0 Å². The number of rotatable bonds is 10. The van der Waals surface area contributed by atoms with Gasteiger partial charge in [0.15, 0.2) is 0 Å². The first-order valence-corrected chi connectivity index (χ1v) is 12.6. The van der Waals surface area contributed by atoms with Gasteiger partial charge in [-0.15, -0.1) is 0 Å². The summed E-state index contributed by atoms with van der Waals surface area (Å²) in [7, 11) is 0.345. The van der Waals surface area contributed by atoms with E-state index >= 15 is 0 Å². The van der Waals surface area contributed by atoms with Crippen LogP contribution in [-0.4, -0.2) is 39.1 Å². The Labute approximate surface area is 200 Å². The zero-order valence-electron chi connectivity index (χ0n) is 18.9. The van der Waals surface area contributed by atoms with E-state index in [1.54, 1.807) is 59.7 Å². The highest BCUT2D eigenvalue weighted by molar-refractivity contribution is 7.92. The molecule has 0 radical (unpaired) electrons. The normalized spacial score (nSPS) is 11.3. The molecule has 1 aromatic heterocycles. The van der Waals surface area contributed by atoms with Crippen molar-refractivity contribution < 1.29 is 17.6 Å². The Balaban J connectivity index is 1.99. The molecule has 0 aliphatic heterocycles. The summed E-state index contributed by atoms with van der Waals surface area (Å²) in [6.45, 7) is 2.27. The molecule has 9 heteroatoms. The lowest BCUT2D eigenvalue weighted by atomic mass is 10.1. The summed E-state index contributed by atoms with van der Waals surface area (Å²) in [6.07, 6.45) is 2.07. The lowest BCUT2D eigenvalue weighted by Gasteiger charge is -2.26. The molecule has 7 nitrogen and oxygen atoms in total. The van der Waals surface area contributed by atoms with Crippen molar-refractivity contribution in [3.63, 3.8) is 0 Å². The molecule has 0 atom stereocenters. The minimum absolute atomic E-state index is 0.0351. The number of carbonyl (C=O) groups is 1. The van der Waals surface area contributed by atoms with Gasteiger partial charge >= 0.3 is 0 Å². The first-order chi connectivity index (χ1) is 15.7. The summed E-state index contributed by atoms with van der Waals surface area (Å²) >= 11 is 6.30. The Kier molecular flexibility index (Phi) is 8.05. The van der Waals surface area contributed by atoms with Crippen LogP contribution in [0.2, 0.25) is 5.02 Å². The predicted octanol–water partition coefficient (Wildman–Crippen LogP) is 4.99. The van der Waals surface area contributed by atoms with Crippen LogP contribution in [0.3, 0.4) is 0 Å². The molecule has 0 fully saturated rings. The molecule has 2 aromatic carbocycles. The van der Waals surface area contributed by atoms with Gasteiger partial charge in [-0.25, -0.2) is 8.42 Å². The minimum Gasteiger partial charge on any atom is -0.467 e. The fourth-order valence-electron chi connectivity index (χ4n) is 3.51. The SMILES string of the molecule is CCCS(=O)(=O)Nc1ccc(N(C)C)c(CN(Cc2ccco2)C(=O)c2ccccc2Cl)c1. The third-order valence-electron chi connectivity index (χ3n) is 4.99. The van der Waals surface area contributed by atoms with Crippen LogP contribution in [0.15, 0.2) is 65.3 Å². The summed E-state index contributed by atoms with van der Waals surface area (Å²) in [6, 6.07) is 15.8. The van der Waals surface area contributed by atoms with Gasteiger partial charge in [0.05, 0.1) is 29.1 Å². The van der Waals surface area contributed by atoms with E-state index in [-0.39, 0.29) is 24.7 Å². The molecule has 0 saturated heterocycles. The Morgan fingerprint density at radius 2 is 1.82 bits per heavy atom. The van der Waals surface area contributed by atoms with E-state index in [0.29, 0.717) is 28.5 Å². The van der Waals surface area contributed by atoms with Crippen LogP contribution in [0.5, 0.6) is 0 Å². The van der Waals surface area contributed by atoms with Crippen LogP contribution >= 0.6 is 11.6 Å². The first-order valence-electron chi connectivity index (χ1n) is 10.6. The van der Waals surface area contributed by atoms with Crippen molar-refractivity contribution in [2.24, 2.45) is 0 Å². The molecule has 33 heavy (non-hydrogen) atoms. The molecule has 0 unspecified atom stereocenters. The van der Waals surface area contributed by atoms with Gasteiger partial charge in [-0.2, -0.15) is 0 Å². The minimum atomic E-state index is -3.45. The second-order valence-electron chi connectivity index (χ2n) is 7.88. The van der Waals surface area contributed by atoms with Gasteiger partial charge in [-0.3, -0.25) is 9.52 Å². The van der Waals surface area contributed by atoms with Crippen molar-refractivity contribution >= 4 is 38.9 Å². The van der Waals surface area contributed by atoms with Crippen LogP contribution in [0.25, 0.3) is 0 Å². The van der Waals surface area contributed by atoms with Gasteiger partial charge in [0.1, 0.15) is 5.76 Å². The predicted molar refractivity (Wildman–Crippen MR) is 132 cm³/mol. The maximum Gasteiger partial charge on any atom is 0.256 e. The largest absolute Gasteiger partial charge is 0.467 e. The van der Waals surface area contributed by atoms with Crippen LogP contribution < -0.4 is 9.62 Å². The highest BCUT2D eigenvalue weighted by atomic mass is 35.5. The number of anilines is 2. The van der Waals surface area contributed by atoms with Crippen LogP contribution in [0, 0.1) is 0 Å². The highest BCUT2D eigenvalue weighted by Crippen LogP contribution is 2.27. The number of hydrogen-bond acceptors (Lipinski definition) is 5. The monoisotopic (exact) mass is 489 g/mol. The summed E-state index contributed by atoms with van der Waals surface area (Å²) in [5.74, 6) is 0.410. The fourth-order valence-corrected chi connectivity index (χ4v) is 4.85. The van der Waals surface area contributed by atoms with Gasteiger partial charge in [0.25, 0.3) is 5.91 Å². The smallest absolute Gasteiger partial charge is 0.256 e. The molecule has 0 saturated carbocycles. The number of nitrogens with one attached hydrogen (secondary N) is 1. The number of sulfonamides is 1. The number of carbonyl (C=O) groups excluding carboxylic acids is 1. The molecule has 0 aliphatic carbocycles. The standard InChI is InChI=1S/C24H28ClN3O4S/c1-4-14-33(30,31)26-19-11-12-23(27(2)3)18(15-19)16-28(17-20-8-7-13-32-20)24(29)21-9-5-6-10-22(21)25/h5-13,15,26H,4,14,16-17H2,1-3H3. The molecular weight excluding hydrogens is 462 g/mol. The van der Waals surface area contributed by atoms with Crippen molar-refractivity contribution in [3.8, 4) is 0 Å². The van der Waals surface area contributed by atoms with Crippen molar-refractivity contribution in [1.29, 1.82) is 0 Å². The average molecular weight is 490 g/mol. The van der Waals surface area contributed by atoms with Gasteiger partial charge in [0, 0.05) is 32.0 Å². The lowest BCUT2D eigenvalue weighted by molar-refractivity contribution is 0.0718. The Morgan fingerprint density at radius 3 is 2.45 bits per heavy atom. The summed E-state index contributed by atoms with van der Waals surface area (Å²) in [5, 5.41) is 0.362. The van der Waals surface area contributed by atoms with Crippen molar-refractivity contribution in [2.45, 2.75) is 26.4 Å². The second kappa shape index (κ2) is 10.8. The molecule has 1 N–H and O–H groups in total. The molecular formula is C24H28ClN3O4S. The zero-order chi connectivity index (χ0) is 24.0. The summed E-state index contributed by atoms with van der Waals surface area (Å²) in [5.41, 5.74) is 2.48. The molecule has 0 spiro atoms. The van der Waals surface area contributed by atoms with E-state index < -0.39 is 10.0 Å². The number of hydrogen-bond donors (Lipinski definition) is 1. The quantitative estimate of drug-likeness (QED) is 0.433. The average Bonchev–Trinajstić information content (AvgIpc) is 3.26. The number of nitrogens with zero attached hydrogens (tertiary/aromatic N) is 2. The molecule has 1 heterocycles. The van der Waals surface area contributed by atoms with Gasteiger partial charge in [0.2, 0.25) is 10.0 Å². The molecule has 3 rings (SSSR count). The molecule has 176 valence electrons. The van der Waals surface area contributed by atoms with Crippen LogP contribution in [0.4, 0.5) is 11.4 Å². The fraction of sp³-hybridized carbons (Fsp3) is 0.292. The third kappa shape index (κ3) is 6.52. The zero-order valence-corrected chi connectivity index (χ0v) is 20.5. The summed E-state index contributed by atoms with van der Waals surface area (Å²) in [4.78, 5) is 17.0. The van der Waals surface area contributed by atoms with Gasteiger partial charge < -0.3 is 14.2 Å². The third-order valence-corrected chi connectivity index (χ3v) is 6.81. The number of halogens is 1. The van der Waals surface area contributed by atoms with Crippen LogP contribution in [-0.2, 0) is 23.1 Å². The van der Waals surface area contributed by atoms with E-state index in [9.17, 15) is 13.2 Å².